The molecule has 0 spiro atoms. The van der Waals surface area contributed by atoms with E-state index in [-0.39, 0.29) is 0 Å². The number of methoxy groups -OCH3 is 1. The van der Waals surface area contributed by atoms with Gasteiger partial charge in [-0.1, -0.05) is 44.2 Å². The summed E-state index contributed by atoms with van der Waals surface area (Å²) in [6.45, 7) is 5.96. The van der Waals surface area contributed by atoms with E-state index >= 15 is 0 Å². The Bertz CT molecular complexity index is 1160. The molecule has 0 saturated heterocycles. The maximum atomic E-state index is 9.01. The summed E-state index contributed by atoms with van der Waals surface area (Å²) in [5, 5.41) is 9.95. The standard InChI is InChI=1S/C23H17N3O.C2H6/c1-15-6-9-18(13-25-15)21-14-26-22-19(4-3-5-20(22)23(21)27-2)17-10-7-16(12-24)8-11-17;1-2/h3-11,13-14H,1-2H3;1-2H3. The molecule has 0 saturated carbocycles. The van der Waals surface area contributed by atoms with Crippen LogP contribution < -0.4 is 4.74 Å². The highest BCUT2D eigenvalue weighted by atomic mass is 16.5. The minimum atomic E-state index is 0.638. The van der Waals surface area contributed by atoms with E-state index in [1.165, 1.54) is 0 Å². The molecule has 0 fully saturated rings. The molecule has 0 aliphatic heterocycles. The molecular formula is C25H23N3O. The SMILES string of the molecule is CC.COc1c(-c2ccc(C)nc2)cnc2c(-c3ccc(C#N)cc3)cccc12. The molecule has 0 unspecified atom stereocenters. The lowest BCUT2D eigenvalue weighted by molar-refractivity contribution is 0.421. The molecule has 0 atom stereocenters. The van der Waals surface area contributed by atoms with Crippen LogP contribution in [0.1, 0.15) is 25.1 Å². The minimum Gasteiger partial charge on any atom is -0.495 e. The van der Waals surface area contributed by atoms with Crippen LogP contribution in [0.15, 0.2) is 67.0 Å². The van der Waals surface area contributed by atoms with Crippen molar-refractivity contribution in [1.82, 2.24) is 9.97 Å². The number of benzene rings is 2. The Morgan fingerprint density at radius 2 is 1.55 bits per heavy atom. The molecule has 0 amide bonds. The fourth-order valence-electron chi connectivity index (χ4n) is 3.21. The van der Waals surface area contributed by atoms with Gasteiger partial charge >= 0.3 is 0 Å². The molecule has 4 aromatic rings. The third kappa shape index (κ3) is 3.95. The molecule has 0 aliphatic carbocycles. The van der Waals surface area contributed by atoms with Crippen molar-refractivity contribution in [3.05, 3.63) is 78.2 Å². The molecule has 29 heavy (non-hydrogen) atoms. The van der Waals surface area contributed by atoms with Gasteiger partial charge in [0.05, 0.1) is 24.3 Å². The van der Waals surface area contributed by atoms with Crippen LogP contribution in [0.5, 0.6) is 5.75 Å². The predicted octanol–water partition coefficient (Wildman–Crippen LogP) is 6.18. The smallest absolute Gasteiger partial charge is 0.137 e. The van der Waals surface area contributed by atoms with Crippen LogP contribution in [0.2, 0.25) is 0 Å². The van der Waals surface area contributed by atoms with Crippen LogP contribution in [-0.4, -0.2) is 17.1 Å². The van der Waals surface area contributed by atoms with E-state index in [0.29, 0.717) is 5.56 Å². The monoisotopic (exact) mass is 381 g/mol. The highest BCUT2D eigenvalue weighted by Gasteiger charge is 2.14. The highest BCUT2D eigenvalue weighted by Crippen LogP contribution is 2.38. The van der Waals surface area contributed by atoms with Crippen LogP contribution in [-0.2, 0) is 0 Å². The summed E-state index contributed by atoms with van der Waals surface area (Å²) in [4.78, 5) is 9.12. The van der Waals surface area contributed by atoms with Crippen molar-refractivity contribution in [2.24, 2.45) is 0 Å². The number of rotatable bonds is 3. The summed E-state index contributed by atoms with van der Waals surface area (Å²) >= 11 is 0. The minimum absolute atomic E-state index is 0.638. The second-order valence-electron chi connectivity index (χ2n) is 6.28. The second-order valence-corrected chi connectivity index (χ2v) is 6.28. The summed E-state index contributed by atoms with van der Waals surface area (Å²) in [6.07, 6.45) is 3.67. The lowest BCUT2D eigenvalue weighted by Gasteiger charge is -2.14. The van der Waals surface area contributed by atoms with Crippen LogP contribution in [0, 0.1) is 18.3 Å². The Hall–Kier alpha value is -3.71. The van der Waals surface area contributed by atoms with Gasteiger partial charge in [-0.25, -0.2) is 0 Å². The lowest BCUT2D eigenvalue weighted by atomic mass is 9.98. The Labute approximate surface area is 171 Å². The molecule has 2 aromatic carbocycles. The van der Waals surface area contributed by atoms with Gasteiger partial charge in [0.2, 0.25) is 0 Å². The number of ether oxygens (including phenoxy) is 1. The third-order valence-corrected chi connectivity index (χ3v) is 4.60. The lowest BCUT2D eigenvalue weighted by Crippen LogP contribution is -1.94. The van der Waals surface area contributed by atoms with E-state index in [4.69, 9.17) is 15.0 Å². The molecule has 0 radical (unpaired) electrons. The average molecular weight is 381 g/mol. The van der Waals surface area contributed by atoms with Gasteiger partial charge in [0.1, 0.15) is 5.75 Å². The molecular weight excluding hydrogens is 358 g/mol. The Kier molecular flexibility index (Phi) is 6.21. The zero-order valence-corrected chi connectivity index (χ0v) is 17.1. The van der Waals surface area contributed by atoms with Crippen molar-refractivity contribution in [3.63, 3.8) is 0 Å². The summed E-state index contributed by atoms with van der Waals surface area (Å²) in [6, 6.07) is 19.7. The number of nitriles is 1. The van der Waals surface area contributed by atoms with Gasteiger partial charge in [0, 0.05) is 40.2 Å². The fraction of sp³-hybridized carbons (Fsp3) is 0.160. The Balaban J connectivity index is 0.00000117. The first-order chi connectivity index (χ1) is 14.2. The average Bonchev–Trinajstić information content (AvgIpc) is 2.80. The van der Waals surface area contributed by atoms with E-state index in [9.17, 15) is 0 Å². The van der Waals surface area contributed by atoms with E-state index in [1.807, 2.05) is 87.8 Å². The molecule has 0 aliphatic rings. The van der Waals surface area contributed by atoms with E-state index < -0.39 is 0 Å². The molecule has 2 aromatic heterocycles. The Morgan fingerprint density at radius 1 is 0.828 bits per heavy atom. The summed E-state index contributed by atoms with van der Waals surface area (Å²) < 4.78 is 5.76. The first kappa shape index (κ1) is 20.0. The zero-order chi connectivity index (χ0) is 20.8. The maximum absolute atomic E-state index is 9.01. The number of hydrogen-bond acceptors (Lipinski definition) is 4. The normalized spacial score (nSPS) is 10.0. The fourth-order valence-corrected chi connectivity index (χ4v) is 3.21. The van der Waals surface area contributed by atoms with Crippen molar-refractivity contribution in [2.45, 2.75) is 20.8 Å². The molecule has 144 valence electrons. The van der Waals surface area contributed by atoms with Crippen LogP contribution in [0.4, 0.5) is 0 Å². The quantitative estimate of drug-likeness (QED) is 0.425. The van der Waals surface area contributed by atoms with Gasteiger partial charge in [-0.05, 0) is 36.8 Å². The van der Waals surface area contributed by atoms with Crippen molar-refractivity contribution in [2.75, 3.05) is 7.11 Å². The first-order valence-corrected chi connectivity index (χ1v) is 9.60. The predicted molar refractivity (Wildman–Crippen MR) is 118 cm³/mol. The van der Waals surface area contributed by atoms with E-state index in [2.05, 4.69) is 11.1 Å². The number of aromatic nitrogens is 2. The number of hydrogen-bond donors (Lipinski definition) is 0. The summed E-state index contributed by atoms with van der Waals surface area (Å²) in [5.41, 5.74) is 6.36. The first-order valence-electron chi connectivity index (χ1n) is 9.60. The highest BCUT2D eigenvalue weighted by molar-refractivity contribution is 6.00. The summed E-state index contributed by atoms with van der Waals surface area (Å²) in [5.74, 6) is 0.779. The second kappa shape index (κ2) is 8.99. The van der Waals surface area contributed by atoms with E-state index in [0.717, 1.165) is 44.6 Å². The van der Waals surface area contributed by atoms with Gasteiger partial charge in [-0.3, -0.25) is 9.97 Å². The van der Waals surface area contributed by atoms with Gasteiger partial charge < -0.3 is 4.74 Å². The maximum Gasteiger partial charge on any atom is 0.137 e. The molecule has 0 bridgehead atoms. The molecule has 2 heterocycles. The van der Waals surface area contributed by atoms with Gasteiger partial charge in [-0.2, -0.15) is 5.26 Å². The van der Waals surface area contributed by atoms with Crippen molar-refractivity contribution in [3.8, 4) is 34.1 Å². The zero-order valence-electron chi connectivity index (χ0n) is 17.1. The van der Waals surface area contributed by atoms with Gasteiger partial charge in [-0.15, -0.1) is 0 Å². The Morgan fingerprint density at radius 3 is 2.17 bits per heavy atom. The van der Waals surface area contributed by atoms with E-state index in [1.54, 1.807) is 7.11 Å². The van der Waals surface area contributed by atoms with Gasteiger partial charge in [0.25, 0.3) is 0 Å². The molecule has 4 nitrogen and oxygen atoms in total. The summed E-state index contributed by atoms with van der Waals surface area (Å²) in [7, 11) is 1.67. The third-order valence-electron chi connectivity index (χ3n) is 4.60. The topological polar surface area (TPSA) is 58.8 Å². The van der Waals surface area contributed by atoms with Crippen molar-refractivity contribution < 1.29 is 4.74 Å². The molecule has 4 heteroatoms. The molecule has 0 N–H and O–H groups in total. The number of nitrogens with zero attached hydrogens (tertiary/aromatic N) is 3. The number of pyridine rings is 2. The van der Waals surface area contributed by atoms with Crippen LogP contribution in [0.25, 0.3) is 33.2 Å². The van der Waals surface area contributed by atoms with Crippen molar-refractivity contribution in [1.29, 1.82) is 5.26 Å². The van der Waals surface area contributed by atoms with Gasteiger partial charge in [0.15, 0.2) is 0 Å². The number of aryl methyl sites for hydroxylation is 1. The largest absolute Gasteiger partial charge is 0.495 e. The molecule has 4 rings (SSSR count). The van der Waals surface area contributed by atoms with Crippen molar-refractivity contribution >= 4 is 10.9 Å². The van der Waals surface area contributed by atoms with Crippen LogP contribution in [0.3, 0.4) is 0 Å². The number of para-hydroxylation sites is 1. The van der Waals surface area contributed by atoms with Crippen LogP contribution >= 0.6 is 0 Å². The number of fused-ring (bicyclic) bond motifs is 1.